The average molecular weight is 430 g/mol. The molecule has 31 heavy (non-hydrogen) atoms. The zero-order valence-electron chi connectivity index (χ0n) is 18.0. The summed E-state index contributed by atoms with van der Waals surface area (Å²) in [6.07, 6.45) is 8.41. The van der Waals surface area contributed by atoms with Crippen LogP contribution in [0, 0.1) is 0 Å². The highest BCUT2D eigenvalue weighted by Gasteiger charge is 2.22. The minimum Gasteiger partial charge on any atom is -0.367 e. The van der Waals surface area contributed by atoms with Crippen LogP contribution in [0.3, 0.4) is 0 Å². The summed E-state index contributed by atoms with van der Waals surface area (Å²) in [7, 11) is 4.25. The number of anilines is 1. The molecule has 0 aliphatic heterocycles. The van der Waals surface area contributed by atoms with Gasteiger partial charge in [0.25, 0.3) is 0 Å². The standard InChI is InChI=1S/C25H27N5S/c1-30(2)20(17-9-4-3-5-10-17)16-27-24-22-19-12-6-7-13-21(19)31-25(22)29-23(28-24)18-11-8-14-26-15-18/h3-5,8-11,14-15,20H,6-7,12-13,16H2,1-2H3,(H,27,28,29)/t20-/m0/s1. The fraction of sp³-hybridized carbons (Fsp3) is 0.320. The van der Waals surface area contributed by atoms with Crippen molar-refractivity contribution in [2.45, 2.75) is 31.7 Å². The average Bonchev–Trinajstić information content (AvgIpc) is 3.19. The van der Waals surface area contributed by atoms with E-state index in [2.05, 4.69) is 59.6 Å². The molecule has 1 atom stereocenters. The van der Waals surface area contributed by atoms with Crippen LogP contribution in [0.1, 0.15) is 34.9 Å². The minimum absolute atomic E-state index is 0.252. The first-order valence-electron chi connectivity index (χ1n) is 10.9. The molecule has 1 N–H and O–H groups in total. The first kappa shape index (κ1) is 20.1. The molecule has 1 aliphatic carbocycles. The van der Waals surface area contributed by atoms with Crippen molar-refractivity contribution in [3.8, 4) is 11.4 Å². The van der Waals surface area contributed by atoms with Crippen molar-refractivity contribution in [2.24, 2.45) is 0 Å². The third-order valence-electron chi connectivity index (χ3n) is 6.00. The van der Waals surface area contributed by atoms with Crippen LogP contribution in [0.15, 0.2) is 54.9 Å². The van der Waals surface area contributed by atoms with Crippen molar-refractivity contribution in [3.63, 3.8) is 0 Å². The molecule has 0 saturated heterocycles. The summed E-state index contributed by atoms with van der Waals surface area (Å²) >= 11 is 1.84. The number of nitrogens with one attached hydrogen (secondary N) is 1. The molecule has 0 fully saturated rings. The molecule has 0 amide bonds. The van der Waals surface area contributed by atoms with E-state index in [-0.39, 0.29) is 6.04 Å². The van der Waals surface area contributed by atoms with Crippen molar-refractivity contribution < 1.29 is 0 Å². The van der Waals surface area contributed by atoms with Crippen LogP contribution in [0.5, 0.6) is 0 Å². The summed E-state index contributed by atoms with van der Waals surface area (Å²) in [6.45, 7) is 0.778. The molecule has 0 unspecified atom stereocenters. The number of aryl methyl sites for hydroxylation is 2. The highest BCUT2D eigenvalue weighted by molar-refractivity contribution is 7.19. The van der Waals surface area contributed by atoms with Gasteiger partial charge in [0.15, 0.2) is 5.82 Å². The predicted octanol–water partition coefficient (Wildman–Crippen LogP) is 5.35. The van der Waals surface area contributed by atoms with E-state index in [1.54, 1.807) is 6.20 Å². The SMILES string of the molecule is CN(C)[C@@H](CNc1nc(-c2cccnc2)nc2sc3c(c12)CCCC3)c1ccccc1. The lowest BCUT2D eigenvalue weighted by Gasteiger charge is -2.25. The number of likely N-dealkylation sites (N-methyl/N-ethyl adjacent to an activating group) is 1. The number of thiophene rings is 1. The first-order valence-corrected chi connectivity index (χ1v) is 11.7. The number of nitrogens with zero attached hydrogens (tertiary/aromatic N) is 4. The maximum absolute atomic E-state index is 5.00. The zero-order valence-corrected chi connectivity index (χ0v) is 18.8. The number of fused-ring (bicyclic) bond motifs is 3. The summed E-state index contributed by atoms with van der Waals surface area (Å²) < 4.78 is 0. The summed E-state index contributed by atoms with van der Waals surface area (Å²) in [6, 6.07) is 14.9. The molecule has 0 bridgehead atoms. The van der Waals surface area contributed by atoms with E-state index >= 15 is 0 Å². The predicted molar refractivity (Wildman–Crippen MR) is 129 cm³/mol. The van der Waals surface area contributed by atoms with Crippen LogP contribution in [0.25, 0.3) is 21.6 Å². The smallest absolute Gasteiger partial charge is 0.164 e. The van der Waals surface area contributed by atoms with Gasteiger partial charge in [0.1, 0.15) is 10.6 Å². The van der Waals surface area contributed by atoms with Gasteiger partial charge in [-0.3, -0.25) is 4.98 Å². The zero-order chi connectivity index (χ0) is 21.2. The van der Waals surface area contributed by atoms with Crippen molar-refractivity contribution in [2.75, 3.05) is 26.0 Å². The quantitative estimate of drug-likeness (QED) is 0.448. The third kappa shape index (κ3) is 4.05. The van der Waals surface area contributed by atoms with Crippen LogP contribution >= 0.6 is 11.3 Å². The summed E-state index contributed by atoms with van der Waals surface area (Å²) in [5.41, 5.74) is 3.70. The van der Waals surface area contributed by atoms with Crippen LogP contribution < -0.4 is 5.32 Å². The molecule has 0 radical (unpaired) electrons. The van der Waals surface area contributed by atoms with Crippen LogP contribution in [-0.4, -0.2) is 40.5 Å². The van der Waals surface area contributed by atoms with E-state index in [0.29, 0.717) is 0 Å². The van der Waals surface area contributed by atoms with Gasteiger partial charge in [0, 0.05) is 29.4 Å². The van der Waals surface area contributed by atoms with Gasteiger partial charge in [-0.2, -0.15) is 0 Å². The normalized spacial score (nSPS) is 14.5. The van der Waals surface area contributed by atoms with Gasteiger partial charge in [-0.1, -0.05) is 30.3 Å². The number of pyridine rings is 1. The van der Waals surface area contributed by atoms with Crippen molar-refractivity contribution in [3.05, 3.63) is 70.9 Å². The first-order chi connectivity index (χ1) is 15.2. The molecule has 3 aromatic heterocycles. The second kappa shape index (κ2) is 8.73. The molecule has 5 nitrogen and oxygen atoms in total. The lowest BCUT2D eigenvalue weighted by atomic mass is 9.97. The lowest BCUT2D eigenvalue weighted by Crippen LogP contribution is -2.27. The number of hydrogen-bond acceptors (Lipinski definition) is 6. The number of aromatic nitrogens is 3. The summed E-state index contributed by atoms with van der Waals surface area (Å²) in [5, 5.41) is 4.93. The Hall–Kier alpha value is -2.83. The highest BCUT2D eigenvalue weighted by Crippen LogP contribution is 2.39. The Labute approximate surface area is 187 Å². The Balaban J connectivity index is 1.56. The van der Waals surface area contributed by atoms with Gasteiger partial charge < -0.3 is 10.2 Å². The third-order valence-corrected chi connectivity index (χ3v) is 7.19. The molecule has 1 aromatic carbocycles. The maximum Gasteiger partial charge on any atom is 0.164 e. The summed E-state index contributed by atoms with van der Waals surface area (Å²) in [5.74, 6) is 1.69. The number of benzene rings is 1. The fourth-order valence-electron chi connectivity index (χ4n) is 4.38. The largest absolute Gasteiger partial charge is 0.367 e. The van der Waals surface area contributed by atoms with Gasteiger partial charge in [0.05, 0.1) is 11.4 Å². The molecular formula is C25H27N5S. The van der Waals surface area contributed by atoms with E-state index in [4.69, 9.17) is 9.97 Å². The van der Waals surface area contributed by atoms with Crippen molar-refractivity contribution in [1.82, 2.24) is 19.9 Å². The monoisotopic (exact) mass is 429 g/mol. The van der Waals surface area contributed by atoms with Crippen molar-refractivity contribution >= 4 is 27.4 Å². The number of hydrogen-bond donors (Lipinski definition) is 1. The van der Waals surface area contributed by atoms with Gasteiger partial charge in [-0.25, -0.2) is 9.97 Å². The summed E-state index contributed by atoms with van der Waals surface area (Å²) in [4.78, 5) is 19.0. The molecule has 6 heteroatoms. The second-order valence-electron chi connectivity index (χ2n) is 8.30. The molecule has 0 spiro atoms. The molecule has 158 valence electrons. The van der Waals surface area contributed by atoms with Gasteiger partial charge in [-0.05, 0) is 63.0 Å². The molecule has 3 heterocycles. The Morgan fingerprint density at radius 3 is 2.65 bits per heavy atom. The van der Waals surface area contributed by atoms with Gasteiger partial charge in [0.2, 0.25) is 0 Å². The Kier molecular flexibility index (Phi) is 5.66. The molecule has 5 rings (SSSR count). The van der Waals surface area contributed by atoms with E-state index in [1.807, 2.05) is 29.7 Å². The Morgan fingerprint density at radius 1 is 1.03 bits per heavy atom. The topological polar surface area (TPSA) is 53.9 Å². The van der Waals surface area contributed by atoms with Gasteiger partial charge >= 0.3 is 0 Å². The van der Waals surface area contributed by atoms with E-state index in [0.717, 1.165) is 41.4 Å². The second-order valence-corrected chi connectivity index (χ2v) is 9.38. The van der Waals surface area contributed by atoms with Crippen LogP contribution in [-0.2, 0) is 12.8 Å². The lowest BCUT2D eigenvalue weighted by molar-refractivity contribution is 0.311. The Morgan fingerprint density at radius 2 is 1.87 bits per heavy atom. The van der Waals surface area contributed by atoms with Gasteiger partial charge in [-0.15, -0.1) is 11.3 Å². The van der Waals surface area contributed by atoms with Crippen LogP contribution in [0.2, 0.25) is 0 Å². The number of rotatable bonds is 6. The molecule has 1 aliphatic rings. The minimum atomic E-state index is 0.252. The van der Waals surface area contributed by atoms with Crippen molar-refractivity contribution in [1.29, 1.82) is 0 Å². The van der Waals surface area contributed by atoms with E-state index in [1.165, 1.54) is 34.2 Å². The molecule has 0 saturated carbocycles. The fourth-order valence-corrected chi connectivity index (χ4v) is 5.64. The maximum atomic E-state index is 5.00. The highest BCUT2D eigenvalue weighted by atomic mass is 32.1. The van der Waals surface area contributed by atoms with E-state index < -0.39 is 0 Å². The van der Waals surface area contributed by atoms with Crippen LogP contribution in [0.4, 0.5) is 5.82 Å². The molecule has 4 aromatic rings. The van der Waals surface area contributed by atoms with E-state index in [9.17, 15) is 0 Å². The molecular weight excluding hydrogens is 402 g/mol. The Bertz CT molecular complexity index is 1170.